The van der Waals surface area contributed by atoms with Crippen LogP contribution in [-0.4, -0.2) is 43.4 Å². The first-order valence-electron chi connectivity index (χ1n) is 7.88. The van der Waals surface area contributed by atoms with Crippen molar-refractivity contribution in [2.75, 3.05) is 20.6 Å². The van der Waals surface area contributed by atoms with Crippen LogP contribution in [0, 0.1) is 0 Å². The Morgan fingerprint density at radius 1 is 1.30 bits per heavy atom. The van der Waals surface area contributed by atoms with Crippen LogP contribution in [0.4, 0.5) is 0 Å². The van der Waals surface area contributed by atoms with Crippen molar-refractivity contribution in [2.24, 2.45) is 0 Å². The number of halogens is 1. The molecule has 0 bridgehead atoms. The maximum absolute atomic E-state index is 12.2. The van der Waals surface area contributed by atoms with Gasteiger partial charge in [0.05, 0.1) is 0 Å². The summed E-state index contributed by atoms with van der Waals surface area (Å²) in [7, 11) is 3.44. The highest BCUT2D eigenvalue weighted by atomic mass is 35.5. The molecular weight excluding hydrogens is 314 g/mol. The smallest absolute Gasteiger partial charge is 0.251 e. The molecule has 1 aliphatic rings. The van der Waals surface area contributed by atoms with Gasteiger partial charge in [-0.1, -0.05) is 12.1 Å². The molecule has 23 heavy (non-hydrogen) atoms. The van der Waals surface area contributed by atoms with E-state index in [0.717, 1.165) is 18.5 Å². The number of hydrogen-bond donors (Lipinski definition) is 2. The van der Waals surface area contributed by atoms with E-state index in [-0.39, 0.29) is 24.2 Å². The number of nitrogens with one attached hydrogen (secondary N) is 2. The molecule has 1 atom stereocenters. The lowest BCUT2D eigenvalue weighted by Gasteiger charge is -2.18. The molecule has 2 N–H and O–H groups in total. The largest absolute Gasteiger partial charge is 0.355 e. The van der Waals surface area contributed by atoms with E-state index in [4.69, 9.17) is 0 Å². The quantitative estimate of drug-likeness (QED) is 0.833. The Hall–Kier alpha value is -1.59. The SMILES string of the molecule is CNC(=O)c1ccc(CN(C)C(=O)CCC2CCCN2)cc1.Cl. The summed E-state index contributed by atoms with van der Waals surface area (Å²) in [6, 6.07) is 7.87. The van der Waals surface area contributed by atoms with E-state index >= 15 is 0 Å². The van der Waals surface area contributed by atoms with Gasteiger partial charge >= 0.3 is 0 Å². The standard InChI is InChI=1S/C17H25N3O2.ClH/c1-18-17(22)14-7-5-13(6-8-14)12-20(2)16(21)10-9-15-4-3-11-19-15;/h5-8,15,19H,3-4,9-12H2,1-2H3,(H,18,22);1H. The number of carbonyl (C=O) groups is 2. The minimum atomic E-state index is -0.0972. The van der Waals surface area contributed by atoms with Crippen molar-refractivity contribution in [3.05, 3.63) is 35.4 Å². The summed E-state index contributed by atoms with van der Waals surface area (Å²) < 4.78 is 0. The molecule has 1 heterocycles. The Kier molecular flexibility index (Phi) is 8.06. The molecule has 1 fully saturated rings. The van der Waals surface area contributed by atoms with Crippen LogP contribution in [0.25, 0.3) is 0 Å². The molecule has 5 nitrogen and oxygen atoms in total. The second-order valence-electron chi connectivity index (χ2n) is 5.86. The number of hydrogen-bond acceptors (Lipinski definition) is 3. The number of benzene rings is 1. The highest BCUT2D eigenvalue weighted by Gasteiger charge is 2.17. The molecule has 2 rings (SSSR count). The third-order valence-electron chi connectivity index (χ3n) is 4.16. The predicted octanol–water partition coefficient (Wildman–Crippen LogP) is 1.96. The number of carbonyl (C=O) groups excluding carboxylic acids is 2. The van der Waals surface area contributed by atoms with Gasteiger partial charge in [0.25, 0.3) is 5.91 Å². The van der Waals surface area contributed by atoms with Gasteiger partial charge in [0.2, 0.25) is 5.91 Å². The van der Waals surface area contributed by atoms with E-state index in [9.17, 15) is 9.59 Å². The minimum absolute atomic E-state index is 0. The predicted molar refractivity (Wildman–Crippen MR) is 93.8 cm³/mol. The van der Waals surface area contributed by atoms with Gasteiger partial charge < -0.3 is 15.5 Å². The van der Waals surface area contributed by atoms with E-state index in [1.807, 2.05) is 19.2 Å². The first kappa shape index (κ1) is 19.5. The lowest BCUT2D eigenvalue weighted by Crippen LogP contribution is -2.29. The summed E-state index contributed by atoms with van der Waals surface area (Å²) >= 11 is 0. The molecule has 1 aromatic rings. The Balaban J connectivity index is 0.00000264. The third kappa shape index (κ3) is 5.84. The Morgan fingerprint density at radius 3 is 2.57 bits per heavy atom. The van der Waals surface area contributed by atoms with Crippen molar-refractivity contribution < 1.29 is 9.59 Å². The highest BCUT2D eigenvalue weighted by molar-refractivity contribution is 5.93. The number of nitrogens with zero attached hydrogens (tertiary/aromatic N) is 1. The van der Waals surface area contributed by atoms with E-state index in [2.05, 4.69) is 10.6 Å². The Morgan fingerprint density at radius 2 is 2.00 bits per heavy atom. The summed E-state index contributed by atoms with van der Waals surface area (Å²) in [6.45, 7) is 1.65. The Labute approximate surface area is 144 Å². The van der Waals surface area contributed by atoms with Gasteiger partial charge in [-0.05, 0) is 43.5 Å². The Bertz CT molecular complexity index is 513. The van der Waals surface area contributed by atoms with Crippen LogP contribution >= 0.6 is 12.4 Å². The zero-order valence-electron chi connectivity index (χ0n) is 13.8. The molecule has 1 aromatic carbocycles. The van der Waals surface area contributed by atoms with Gasteiger partial charge in [-0.25, -0.2) is 0 Å². The number of amides is 2. The van der Waals surface area contributed by atoms with Gasteiger partial charge in [0.1, 0.15) is 0 Å². The highest BCUT2D eigenvalue weighted by Crippen LogP contribution is 2.13. The lowest BCUT2D eigenvalue weighted by atomic mass is 10.1. The molecule has 128 valence electrons. The molecular formula is C17H26ClN3O2. The topological polar surface area (TPSA) is 61.4 Å². The van der Waals surface area contributed by atoms with Crippen molar-refractivity contribution in [3.8, 4) is 0 Å². The molecule has 6 heteroatoms. The molecule has 0 saturated carbocycles. The molecule has 1 unspecified atom stereocenters. The van der Waals surface area contributed by atoms with Crippen LogP contribution in [0.2, 0.25) is 0 Å². The fraction of sp³-hybridized carbons (Fsp3) is 0.529. The van der Waals surface area contributed by atoms with Crippen LogP contribution in [-0.2, 0) is 11.3 Å². The number of rotatable bonds is 6. The van der Waals surface area contributed by atoms with Crippen molar-refractivity contribution >= 4 is 24.2 Å². The molecule has 0 radical (unpaired) electrons. The fourth-order valence-corrected chi connectivity index (χ4v) is 2.76. The molecule has 1 saturated heterocycles. The second kappa shape index (κ2) is 9.53. The van der Waals surface area contributed by atoms with Crippen molar-refractivity contribution in [3.63, 3.8) is 0 Å². The first-order valence-corrected chi connectivity index (χ1v) is 7.88. The van der Waals surface area contributed by atoms with Gasteiger partial charge in [-0.15, -0.1) is 12.4 Å². The maximum Gasteiger partial charge on any atom is 0.251 e. The van der Waals surface area contributed by atoms with E-state index < -0.39 is 0 Å². The van der Waals surface area contributed by atoms with E-state index in [0.29, 0.717) is 24.6 Å². The minimum Gasteiger partial charge on any atom is -0.355 e. The molecule has 0 spiro atoms. The molecule has 2 amide bonds. The summed E-state index contributed by atoms with van der Waals surface area (Å²) in [5.41, 5.74) is 1.66. The molecule has 0 aromatic heterocycles. The maximum atomic E-state index is 12.2. The monoisotopic (exact) mass is 339 g/mol. The molecule has 1 aliphatic heterocycles. The average Bonchev–Trinajstić information content (AvgIpc) is 3.06. The van der Waals surface area contributed by atoms with Crippen molar-refractivity contribution in [2.45, 2.75) is 38.3 Å². The van der Waals surface area contributed by atoms with Gasteiger partial charge in [-0.2, -0.15) is 0 Å². The van der Waals surface area contributed by atoms with Gasteiger partial charge in [0, 0.05) is 38.7 Å². The van der Waals surface area contributed by atoms with Gasteiger partial charge in [-0.3, -0.25) is 9.59 Å². The van der Waals surface area contributed by atoms with Crippen LogP contribution in [0.3, 0.4) is 0 Å². The summed E-state index contributed by atoms with van der Waals surface area (Å²) in [5, 5.41) is 6.01. The van der Waals surface area contributed by atoms with Crippen LogP contribution in [0.15, 0.2) is 24.3 Å². The summed E-state index contributed by atoms with van der Waals surface area (Å²) in [5.74, 6) is 0.0733. The lowest BCUT2D eigenvalue weighted by molar-refractivity contribution is -0.130. The summed E-state index contributed by atoms with van der Waals surface area (Å²) in [6.07, 6.45) is 3.90. The van der Waals surface area contributed by atoms with Crippen molar-refractivity contribution in [1.29, 1.82) is 0 Å². The van der Waals surface area contributed by atoms with E-state index in [1.54, 1.807) is 24.1 Å². The first-order chi connectivity index (χ1) is 10.6. The zero-order chi connectivity index (χ0) is 15.9. The van der Waals surface area contributed by atoms with Crippen LogP contribution in [0.1, 0.15) is 41.6 Å². The third-order valence-corrected chi connectivity index (χ3v) is 4.16. The fourth-order valence-electron chi connectivity index (χ4n) is 2.76. The average molecular weight is 340 g/mol. The van der Waals surface area contributed by atoms with Gasteiger partial charge in [0.15, 0.2) is 0 Å². The zero-order valence-corrected chi connectivity index (χ0v) is 14.6. The summed E-state index contributed by atoms with van der Waals surface area (Å²) in [4.78, 5) is 25.4. The van der Waals surface area contributed by atoms with Crippen molar-refractivity contribution in [1.82, 2.24) is 15.5 Å². The molecule has 0 aliphatic carbocycles. The van der Waals surface area contributed by atoms with Crippen LogP contribution in [0.5, 0.6) is 0 Å². The van der Waals surface area contributed by atoms with E-state index in [1.165, 1.54) is 12.8 Å². The normalized spacial score (nSPS) is 16.5. The van der Waals surface area contributed by atoms with Crippen LogP contribution < -0.4 is 10.6 Å². The second-order valence-corrected chi connectivity index (χ2v) is 5.86.